The first-order valence-corrected chi connectivity index (χ1v) is 8.06. The summed E-state index contributed by atoms with van der Waals surface area (Å²) in [5, 5.41) is 5.78. The molecule has 1 unspecified atom stereocenters. The molecule has 1 heterocycles. The number of likely N-dealkylation sites (N-methyl/N-ethyl adjacent to an activating group) is 1. The van der Waals surface area contributed by atoms with Crippen LogP contribution in [-0.2, 0) is 12.8 Å². The van der Waals surface area contributed by atoms with Gasteiger partial charge in [0.15, 0.2) is 0 Å². The Kier molecular flexibility index (Phi) is 6.12. The van der Waals surface area contributed by atoms with Crippen molar-refractivity contribution in [2.45, 2.75) is 38.6 Å². The van der Waals surface area contributed by atoms with Gasteiger partial charge < -0.3 is 5.32 Å². The van der Waals surface area contributed by atoms with Crippen LogP contribution >= 0.6 is 11.3 Å². The Labute approximate surface area is 120 Å². The predicted molar refractivity (Wildman–Crippen MR) is 84.9 cm³/mol. The molecule has 1 atom stereocenters. The van der Waals surface area contributed by atoms with Gasteiger partial charge in [-0.2, -0.15) is 0 Å². The van der Waals surface area contributed by atoms with Crippen molar-refractivity contribution < 1.29 is 0 Å². The van der Waals surface area contributed by atoms with Crippen LogP contribution in [0.1, 0.15) is 30.2 Å². The Balaban J connectivity index is 1.77. The summed E-state index contributed by atoms with van der Waals surface area (Å²) in [5.74, 6) is 0. The van der Waals surface area contributed by atoms with Crippen molar-refractivity contribution in [1.82, 2.24) is 5.32 Å². The first kappa shape index (κ1) is 14.3. The molecular formula is C17H23NS. The molecule has 19 heavy (non-hydrogen) atoms. The molecule has 0 aliphatic heterocycles. The van der Waals surface area contributed by atoms with Crippen LogP contribution in [0.3, 0.4) is 0 Å². The minimum absolute atomic E-state index is 0.618. The van der Waals surface area contributed by atoms with Crippen LogP contribution in [0, 0.1) is 0 Å². The maximum absolute atomic E-state index is 3.61. The minimum atomic E-state index is 0.618. The molecule has 0 fully saturated rings. The summed E-state index contributed by atoms with van der Waals surface area (Å²) in [4.78, 5) is 1.49. The van der Waals surface area contributed by atoms with Gasteiger partial charge in [-0.25, -0.2) is 0 Å². The Morgan fingerprint density at radius 2 is 1.95 bits per heavy atom. The fraction of sp³-hybridized carbons (Fsp3) is 0.412. The highest BCUT2D eigenvalue weighted by atomic mass is 32.1. The van der Waals surface area contributed by atoms with Crippen molar-refractivity contribution in [3.8, 4) is 0 Å². The lowest BCUT2D eigenvalue weighted by molar-refractivity contribution is 0.479. The third kappa shape index (κ3) is 5.17. The first-order chi connectivity index (χ1) is 9.38. The molecule has 1 aromatic carbocycles. The zero-order valence-corrected chi connectivity index (χ0v) is 12.5. The van der Waals surface area contributed by atoms with E-state index in [-0.39, 0.29) is 0 Å². The predicted octanol–water partition coefficient (Wildman–Crippen LogP) is 4.29. The van der Waals surface area contributed by atoms with Gasteiger partial charge in [0.25, 0.3) is 0 Å². The number of hydrogen-bond donors (Lipinski definition) is 1. The monoisotopic (exact) mass is 273 g/mol. The highest BCUT2D eigenvalue weighted by Gasteiger charge is 2.08. The maximum Gasteiger partial charge on any atom is 0.0115 e. The Hall–Kier alpha value is -1.12. The van der Waals surface area contributed by atoms with Crippen molar-refractivity contribution in [3.05, 3.63) is 58.3 Å². The summed E-state index contributed by atoms with van der Waals surface area (Å²) in [6, 6.07) is 15.8. The molecule has 1 N–H and O–H groups in total. The van der Waals surface area contributed by atoms with Gasteiger partial charge in [-0.05, 0) is 49.2 Å². The molecule has 2 aromatic rings. The van der Waals surface area contributed by atoms with E-state index in [4.69, 9.17) is 0 Å². The molecule has 1 nitrogen and oxygen atoms in total. The van der Waals surface area contributed by atoms with Crippen LogP contribution in [0.5, 0.6) is 0 Å². The quantitative estimate of drug-likeness (QED) is 0.756. The number of nitrogens with one attached hydrogen (secondary N) is 1. The van der Waals surface area contributed by atoms with Crippen LogP contribution in [0.2, 0.25) is 0 Å². The van der Waals surface area contributed by atoms with Crippen molar-refractivity contribution in [2.75, 3.05) is 6.54 Å². The lowest BCUT2D eigenvalue weighted by atomic mass is 10.0. The molecular weight excluding hydrogens is 250 g/mol. The molecule has 0 aliphatic carbocycles. The SMILES string of the molecule is CCNC(CCCc1ccccc1)Cc1cccs1. The lowest BCUT2D eigenvalue weighted by Gasteiger charge is -2.17. The van der Waals surface area contributed by atoms with Crippen LogP contribution in [0.15, 0.2) is 47.8 Å². The van der Waals surface area contributed by atoms with Crippen molar-refractivity contribution in [1.29, 1.82) is 0 Å². The number of thiophene rings is 1. The van der Waals surface area contributed by atoms with Gasteiger partial charge in [-0.15, -0.1) is 11.3 Å². The van der Waals surface area contributed by atoms with Gasteiger partial charge >= 0.3 is 0 Å². The van der Waals surface area contributed by atoms with Gasteiger partial charge in [0.05, 0.1) is 0 Å². The van der Waals surface area contributed by atoms with Gasteiger partial charge in [0, 0.05) is 10.9 Å². The van der Waals surface area contributed by atoms with Crippen molar-refractivity contribution in [3.63, 3.8) is 0 Å². The zero-order chi connectivity index (χ0) is 13.3. The molecule has 0 saturated heterocycles. The fourth-order valence-corrected chi connectivity index (χ4v) is 3.22. The smallest absolute Gasteiger partial charge is 0.0115 e. The summed E-state index contributed by atoms with van der Waals surface area (Å²) in [7, 11) is 0. The zero-order valence-electron chi connectivity index (χ0n) is 11.6. The topological polar surface area (TPSA) is 12.0 Å². The second kappa shape index (κ2) is 8.13. The Morgan fingerprint density at radius 1 is 1.11 bits per heavy atom. The van der Waals surface area contributed by atoms with Gasteiger partial charge in [0.1, 0.15) is 0 Å². The lowest BCUT2D eigenvalue weighted by Crippen LogP contribution is -2.30. The Morgan fingerprint density at radius 3 is 2.63 bits per heavy atom. The van der Waals surface area contributed by atoms with E-state index in [2.05, 4.69) is 60.1 Å². The molecule has 0 bridgehead atoms. The molecule has 0 radical (unpaired) electrons. The fourth-order valence-electron chi connectivity index (χ4n) is 2.43. The minimum Gasteiger partial charge on any atom is -0.314 e. The molecule has 102 valence electrons. The molecule has 0 amide bonds. The molecule has 1 aromatic heterocycles. The summed E-state index contributed by atoms with van der Waals surface area (Å²) in [6.45, 7) is 3.25. The molecule has 2 heteroatoms. The largest absolute Gasteiger partial charge is 0.314 e. The van der Waals surface area contributed by atoms with Gasteiger partial charge in [0.2, 0.25) is 0 Å². The van der Waals surface area contributed by atoms with Crippen LogP contribution in [0.25, 0.3) is 0 Å². The van der Waals surface area contributed by atoms with E-state index in [1.165, 1.54) is 36.1 Å². The molecule has 0 aliphatic rings. The molecule has 0 spiro atoms. The van der Waals surface area contributed by atoms with Gasteiger partial charge in [-0.1, -0.05) is 43.3 Å². The van der Waals surface area contributed by atoms with Crippen LogP contribution in [0.4, 0.5) is 0 Å². The number of benzene rings is 1. The van der Waals surface area contributed by atoms with E-state index in [1.54, 1.807) is 0 Å². The normalized spacial score (nSPS) is 12.5. The third-order valence-electron chi connectivity index (χ3n) is 3.38. The number of aryl methyl sites for hydroxylation is 1. The molecule has 0 saturated carbocycles. The van der Waals surface area contributed by atoms with E-state index in [0.717, 1.165) is 6.54 Å². The second-order valence-corrected chi connectivity index (χ2v) is 5.95. The van der Waals surface area contributed by atoms with Crippen molar-refractivity contribution >= 4 is 11.3 Å². The molecule has 2 rings (SSSR count). The Bertz CT molecular complexity index is 436. The standard InChI is InChI=1S/C17H23NS/c1-2-18-16(14-17-12-7-13-19-17)11-6-10-15-8-4-3-5-9-15/h3-5,7-9,12-13,16,18H,2,6,10-11,14H2,1H3. The maximum atomic E-state index is 3.61. The average Bonchev–Trinajstić information content (AvgIpc) is 2.93. The first-order valence-electron chi connectivity index (χ1n) is 7.18. The van der Waals surface area contributed by atoms with E-state index >= 15 is 0 Å². The van der Waals surface area contributed by atoms with E-state index in [1.807, 2.05) is 11.3 Å². The van der Waals surface area contributed by atoms with Crippen molar-refractivity contribution in [2.24, 2.45) is 0 Å². The summed E-state index contributed by atoms with van der Waals surface area (Å²) in [6.07, 6.45) is 4.86. The average molecular weight is 273 g/mol. The third-order valence-corrected chi connectivity index (χ3v) is 4.28. The highest BCUT2D eigenvalue weighted by molar-refractivity contribution is 7.09. The van der Waals surface area contributed by atoms with Crippen LogP contribution < -0.4 is 5.32 Å². The number of hydrogen-bond acceptors (Lipinski definition) is 2. The van der Waals surface area contributed by atoms with Gasteiger partial charge in [-0.3, -0.25) is 0 Å². The highest BCUT2D eigenvalue weighted by Crippen LogP contribution is 2.14. The second-order valence-electron chi connectivity index (χ2n) is 4.92. The van der Waals surface area contributed by atoms with E-state index in [0.29, 0.717) is 6.04 Å². The van der Waals surface area contributed by atoms with E-state index in [9.17, 15) is 0 Å². The summed E-state index contributed by atoms with van der Waals surface area (Å²) < 4.78 is 0. The summed E-state index contributed by atoms with van der Waals surface area (Å²) >= 11 is 1.87. The number of rotatable bonds is 8. The summed E-state index contributed by atoms with van der Waals surface area (Å²) in [5.41, 5.74) is 1.45. The van der Waals surface area contributed by atoms with E-state index < -0.39 is 0 Å². The van der Waals surface area contributed by atoms with Crippen LogP contribution in [-0.4, -0.2) is 12.6 Å².